The van der Waals surface area contributed by atoms with E-state index >= 15 is 0 Å². The first kappa shape index (κ1) is 23.2. The van der Waals surface area contributed by atoms with Gasteiger partial charge in [-0.25, -0.2) is 8.78 Å². The van der Waals surface area contributed by atoms with E-state index in [1.54, 1.807) is 0 Å². The fraction of sp³-hybridized carbons (Fsp3) is 0.227. The third-order valence-corrected chi connectivity index (χ3v) is 5.17. The van der Waals surface area contributed by atoms with E-state index in [0.717, 1.165) is 24.4 Å². The molecule has 3 N–H and O–H groups in total. The molecular weight excluding hydrogens is 444 g/mol. The monoisotopic (exact) mass is 463 g/mol. The van der Waals surface area contributed by atoms with Gasteiger partial charge in [-0.1, -0.05) is 11.6 Å². The number of carbonyl (C=O) groups is 3. The molecule has 2 aromatic carbocycles. The number of nitrogens with zero attached hydrogens (tertiary/aromatic N) is 1. The number of piperidine rings is 1. The van der Waals surface area contributed by atoms with Crippen molar-refractivity contribution in [1.29, 1.82) is 0 Å². The van der Waals surface area contributed by atoms with E-state index in [0.29, 0.717) is 31.7 Å². The maximum Gasteiger partial charge on any atom is 0.296 e. The predicted molar refractivity (Wildman–Crippen MR) is 114 cm³/mol. The molecule has 1 aliphatic heterocycles. The maximum absolute atomic E-state index is 14.2. The van der Waals surface area contributed by atoms with Gasteiger partial charge in [0.2, 0.25) is 5.78 Å². The van der Waals surface area contributed by atoms with Crippen molar-refractivity contribution in [3.05, 3.63) is 70.9 Å². The Morgan fingerprint density at radius 2 is 1.78 bits per heavy atom. The van der Waals surface area contributed by atoms with Crippen LogP contribution in [-0.4, -0.2) is 41.7 Å². The number of hydrogen-bond acceptors (Lipinski definition) is 5. The Kier molecular flexibility index (Phi) is 7.42. The Hall–Kier alpha value is -3.46. The average Bonchev–Trinajstić information content (AvgIpc) is 2.77. The third-order valence-electron chi connectivity index (χ3n) is 4.85. The van der Waals surface area contributed by atoms with Gasteiger partial charge in [-0.15, -0.1) is 0 Å². The second-order valence-electron chi connectivity index (χ2n) is 7.05. The Morgan fingerprint density at radius 1 is 1.12 bits per heavy atom. The smallest absolute Gasteiger partial charge is 0.296 e. The number of nitrogens with two attached hydrogens (primary N) is 1. The van der Waals surface area contributed by atoms with E-state index in [-0.39, 0.29) is 28.2 Å². The van der Waals surface area contributed by atoms with Crippen LogP contribution < -0.4 is 15.8 Å². The zero-order valence-electron chi connectivity index (χ0n) is 16.8. The van der Waals surface area contributed by atoms with Crippen molar-refractivity contribution in [1.82, 2.24) is 4.90 Å². The Balaban J connectivity index is 1.66. The molecule has 0 bridgehead atoms. The highest BCUT2D eigenvalue weighted by atomic mass is 35.5. The molecule has 2 amide bonds. The van der Waals surface area contributed by atoms with Crippen LogP contribution in [0, 0.1) is 11.6 Å². The number of anilines is 1. The summed E-state index contributed by atoms with van der Waals surface area (Å²) in [5.41, 5.74) is 4.71. The van der Waals surface area contributed by atoms with E-state index in [2.05, 4.69) is 5.32 Å². The van der Waals surface area contributed by atoms with Gasteiger partial charge in [-0.2, -0.15) is 0 Å². The molecule has 2 aromatic rings. The van der Waals surface area contributed by atoms with Gasteiger partial charge in [0.1, 0.15) is 23.5 Å². The average molecular weight is 464 g/mol. The number of ether oxygens (including phenoxy) is 1. The van der Waals surface area contributed by atoms with Crippen LogP contribution in [-0.2, 0) is 9.59 Å². The van der Waals surface area contributed by atoms with Crippen LogP contribution in [0.4, 0.5) is 14.5 Å². The lowest BCUT2D eigenvalue weighted by molar-refractivity contribution is -0.131. The quantitative estimate of drug-likeness (QED) is 0.505. The molecule has 10 heteroatoms. The van der Waals surface area contributed by atoms with Crippen molar-refractivity contribution in [2.75, 3.05) is 18.4 Å². The molecule has 0 radical (unpaired) electrons. The summed E-state index contributed by atoms with van der Waals surface area (Å²) >= 11 is 6.06. The third kappa shape index (κ3) is 5.61. The van der Waals surface area contributed by atoms with Crippen LogP contribution in [0.15, 0.2) is 48.7 Å². The fourth-order valence-electron chi connectivity index (χ4n) is 3.21. The molecule has 1 saturated heterocycles. The van der Waals surface area contributed by atoms with Crippen molar-refractivity contribution < 1.29 is 27.9 Å². The van der Waals surface area contributed by atoms with Crippen LogP contribution in [0.5, 0.6) is 5.75 Å². The summed E-state index contributed by atoms with van der Waals surface area (Å²) in [4.78, 5) is 37.8. The molecule has 1 aliphatic rings. The lowest BCUT2D eigenvalue weighted by Gasteiger charge is -2.32. The van der Waals surface area contributed by atoms with Gasteiger partial charge in [0.15, 0.2) is 0 Å². The van der Waals surface area contributed by atoms with E-state index in [4.69, 9.17) is 22.1 Å². The van der Waals surface area contributed by atoms with E-state index < -0.39 is 23.4 Å². The summed E-state index contributed by atoms with van der Waals surface area (Å²) in [6.45, 7) is 0.722. The van der Waals surface area contributed by atoms with Crippen LogP contribution >= 0.6 is 11.6 Å². The highest BCUT2D eigenvalue weighted by Crippen LogP contribution is 2.27. The summed E-state index contributed by atoms with van der Waals surface area (Å²) < 4.78 is 33.0. The number of likely N-dealkylation sites (tertiary alicyclic amines) is 1. The van der Waals surface area contributed by atoms with Crippen molar-refractivity contribution in [2.24, 2.45) is 5.73 Å². The molecule has 168 valence electrons. The first-order valence-electron chi connectivity index (χ1n) is 9.72. The maximum atomic E-state index is 14.2. The minimum absolute atomic E-state index is 0.0110. The summed E-state index contributed by atoms with van der Waals surface area (Å²) in [5.74, 6) is -3.24. The van der Waals surface area contributed by atoms with Crippen LogP contribution in [0.25, 0.3) is 0 Å². The van der Waals surface area contributed by atoms with Gasteiger partial charge in [0, 0.05) is 32.0 Å². The topological polar surface area (TPSA) is 102 Å². The Labute approximate surface area is 187 Å². The van der Waals surface area contributed by atoms with Crippen molar-refractivity contribution in [3.63, 3.8) is 0 Å². The highest BCUT2D eigenvalue weighted by Gasteiger charge is 2.27. The molecule has 0 unspecified atom stereocenters. The normalized spacial score (nSPS) is 14.4. The number of hydrogen-bond donors (Lipinski definition) is 2. The van der Waals surface area contributed by atoms with Crippen LogP contribution in [0.2, 0.25) is 5.02 Å². The van der Waals surface area contributed by atoms with Gasteiger partial charge >= 0.3 is 0 Å². The largest absolute Gasteiger partial charge is 0.490 e. The van der Waals surface area contributed by atoms with Gasteiger partial charge < -0.3 is 20.7 Å². The minimum Gasteiger partial charge on any atom is -0.490 e. The van der Waals surface area contributed by atoms with Crippen molar-refractivity contribution in [3.8, 4) is 5.75 Å². The molecule has 1 fully saturated rings. The lowest BCUT2D eigenvalue weighted by Crippen LogP contribution is -2.42. The fourth-order valence-corrected chi connectivity index (χ4v) is 3.44. The zero-order chi connectivity index (χ0) is 23.3. The molecule has 0 aliphatic carbocycles. The number of rotatable bonds is 6. The van der Waals surface area contributed by atoms with Gasteiger partial charge in [-0.05, 0) is 42.6 Å². The highest BCUT2D eigenvalue weighted by molar-refractivity contribution is 6.44. The summed E-state index contributed by atoms with van der Waals surface area (Å²) in [6, 6.07) is 7.68. The minimum atomic E-state index is -1.11. The summed E-state index contributed by atoms with van der Waals surface area (Å²) in [5, 5.41) is 1.99. The molecule has 32 heavy (non-hydrogen) atoms. The molecule has 0 spiro atoms. The van der Waals surface area contributed by atoms with E-state index in [1.807, 2.05) is 0 Å². The number of carbonyl (C=O) groups excluding carboxylic acids is 3. The molecule has 0 atom stereocenters. The number of amides is 2. The van der Waals surface area contributed by atoms with Gasteiger partial charge in [0.25, 0.3) is 11.8 Å². The predicted octanol–water partition coefficient (Wildman–Crippen LogP) is 3.28. The molecular formula is C22H20ClF2N3O4. The first-order chi connectivity index (χ1) is 15.3. The molecule has 0 saturated carbocycles. The number of ketones is 1. The molecule has 3 rings (SSSR count). The van der Waals surface area contributed by atoms with Crippen molar-refractivity contribution >= 4 is 34.9 Å². The Morgan fingerprint density at radius 3 is 2.41 bits per heavy atom. The van der Waals surface area contributed by atoms with Gasteiger partial charge in [-0.3, -0.25) is 14.4 Å². The van der Waals surface area contributed by atoms with Crippen LogP contribution in [0.3, 0.4) is 0 Å². The molecule has 0 aromatic heterocycles. The first-order valence-corrected chi connectivity index (χ1v) is 10.1. The Bertz CT molecular complexity index is 1050. The lowest BCUT2D eigenvalue weighted by atomic mass is 10.1. The second-order valence-corrected chi connectivity index (χ2v) is 7.46. The van der Waals surface area contributed by atoms with E-state index in [1.165, 1.54) is 29.2 Å². The second kappa shape index (κ2) is 10.2. The van der Waals surface area contributed by atoms with Crippen molar-refractivity contribution in [2.45, 2.75) is 18.9 Å². The number of nitrogens with one attached hydrogen (secondary N) is 1. The summed E-state index contributed by atoms with van der Waals surface area (Å²) in [7, 11) is 0. The summed E-state index contributed by atoms with van der Waals surface area (Å²) in [6.07, 6.45) is 2.63. The standard InChI is InChI=1S/C22H20ClF2N3O4/c23-17-12-18(25)19(27-21(30)20(29)5-8-26)11-16(17)22(31)28-9-6-15(7-10-28)32-14-3-1-13(24)2-4-14/h1-5,8,11-12,15H,6-7,9-10,26H2,(H,27,30). The zero-order valence-corrected chi connectivity index (χ0v) is 17.6. The number of halogens is 3. The number of benzene rings is 2. The molecule has 7 nitrogen and oxygen atoms in total. The molecule has 1 heterocycles. The van der Waals surface area contributed by atoms with Gasteiger partial charge in [0.05, 0.1) is 16.3 Å². The van der Waals surface area contributed by atoms with Crippen LogP contribution in [0.1, 0.15) is 23.2 Å². The SMILES string of the molecule is NC=CC(=O)C(=O)Nc1cc(C(=O)N2CCC(Oc3ccc(F)cc3)CC2)c(Cl)cc1F. The van der Waals surface area contributed by atoms with E-state index in [9.17, 15) is 23.2 Å².